The molecule has 0 atom stereocenters. The summed E-state index contributed by atoms with van der Waals surface area (Å²) in [6.45, 7) is -0.362. The molecular formula is C27H27FN4O6. The van der Waals surface area contributed by atoms with Crippen LogP contribution in [0.4, 0.5) is 15.8 Å². The normalized spacial score (nSPS) is 10.5. The van der Waals surface area contributed by atoms with Gasteiger partial charge in [0.2, 0.25) is 11.8 Å². The third-order valence-electron chi connectivity index (χ3n) is 5.06. The zero-order chi connectivity index (χ0) is 27.3. The molecule has 3 rings (SSSR count). The van der Waals surface area contributed by atoms with Crippen molar-refractivity contribution in [1.29, 1.82) is 0 Å². The first kappa shape index (κ1) is 27.7. The number of hydrogen-bond acceptors (Lipinski definition) is 7. The van der Waals surface area contributed by atoms with E-state index in [1.807, 2.05) is 0 Å². The molecular weight excluding hydrogens is 495 g/mol. The summed E-state index contributed by atoms with van der Waals surface area (Å²) in [5.74, 6) is -0.730. The molecule has 0 saturated carbocycles. The molecule has 3 aromatic carbocycles. The van der Waals surface area contributed by atoms with E-state index in [-0.39, 0.29) is 31.0 Å². The number of nitrogens with zero attached hydrogens (tertiary/aromatic N) is 1. The van der Waals surface area contributed by atoms with Gasteiger partial charge in [-0.1, -0.05) is 24.3 Å². The van der Waals surface area contributed by atoms with Crippen molar-refractivity contribution in [2.24, 2.45) is 5.10 Å². The molecule has 0 aliphatic carbocycles. The maximum absolute atomic E-state index is 13.7. The van der Waals surface area contributed by atoms with Crippen LogP contribution in [0, 0.1) is 5.82 Å². The SMILES string of the molecule is COc1ccccc1NC(=O)CCC(=O)NN=Cc1ccc(OCC(=O)Nc2ccccc2F)c(OC)c1. The van der Waals surface area contributed by atoms with E-state index >= 15 is 0 Å². The van der Waals surface area contributed by atoms with Gasteiger partial charge in [-0.25, -0.2) is 9.82 Å². The van der Waals surface area contributed by atoms with Gasteiger partial charge < -0.3 is 24.8 Å². The van der Waals surface area contributed by atoms with Crippen LogP contribution in [-0.2, 0) is 14.4 Å². The Hall–Kier alpha value is -4.93. The van der Waals surface area contributed by atoms with Crippen LogP contribution in [0.25, 0.3) is 0 Å². The van der Waals surface area contributed by atoms with E-state index in [1.54, 1.807) is 48.5 Å². The first-order valence-electron chi connectivity index (χ1n) is 11.5. The van der Waals surface area contributed by atoms with E-state index in [2.05, 4.69) is 21.2 Å². The van der Waals surface area contributed by atoms with E-state index in [1.165, 1.54) is 38.6 Å². The first-order valence-corrected chi connectivity index (χ1v) is 11.5. The number of rotatable bonds is 12. The number of methoxy groups -OCH3 is 2. The average Bonchev–Trinajstić information content (AvgIpc) is 2.92. The van der Waals surface area contributed by atoms with Gasteiger partial charge in [0.25, 0.3) is 5.91 Å². The van der Waals surface area contributed by atoms with Crippen LogP contribution >= 0.6 is 0 Å². The number of anilines is 2. The molecule has 0 saturated heterocycles. The second kappa shape index (κ2) is 14.0. The molecule has 0 spiro atoms. The Bertz CT molecular complexity index is 1310. The molecule has 0 aliphatic rings. The van der Waals surface area contributed by atoms with Crippen molar-refractivity contribution in [2.45, 2.75) is 12.8 Å². The highest BCUT2D eigenvalue weighted by molar-refractivity contribution is 5.94. The van der Waals surface area contributed by atoms with E-state index in [0.29, 0.717) is 28.5 Å². The fraction of sp³-hybridized carbons (Fsp3) is 0.185. The van der Waals surface area contributed by atoms with E-state index in [4.69, 9.17) is 14.2 Å². The van der Waals surface area contributed by atoms with Crippen molar-refractivity contribution in [1.82, 2.24) is 5.43 Å². The lowest BCUT2D eigenvalue weighted by Crippen LogP contribution is -2.21. The Balaban J connectivity index is 1.45. The maximum atomic E-state index is 13.7. The lowest BCUT2D eigenvalue weighted by Gasteiger charge is -2.11. The number of carbonyl (C=O) groups excluding carboxylic acids is 3. The molecule has 3 aromatic rings. The molecule has 0 radical (unpaired) electrons. The summed E-state index contributed by atoms with van der Waals surface area (Å²) < 4.78 is 29.6. The minimum absolute atomic E-state index is 0.0379. The van der Waals surface area contributed by atoms with Gasteiger partial charge in [-0.05, 0) is 48.0 Å². The number of hydrazone groups is 1. The highest BCUT2D eigenvalue weighted by atomic mass is 19.1. The fourth-order valence-electron chi connectivity index (χ4n) is 3.20. The molecule has 0 aromatic heterocycles. The van der Waals surface area contributed by atoms with Crippen LogP contribution in [0.15, 0.2) is 71.8 Å². The van der Waals surface area contributed by atoms with Gasteiger partial charge in [-0.3, -0.25) is 14.4 Å². The molecule has 0 bridgehead atoms. The minimum Gasteiger partial charge on any atom is -0.495 e. The summed E-state index contributed by atoms with van der Waals surface area (Å²) in [6.07, 6.45) is 1.29. The number of ether oxygens (including phenoxy) is 3. The number of amides is 3. The van der Waals surface area contributed by atoms with E-state index in [9.17, 15) is 18.8 Å². The lowest BCUT2D eigenvalue weighted by atomic mass is 10.2. The molecule has 0 heterocycles. The predicted molar refractivity (Wildman–Crippen MR) is 140 cm³/mol. The quantitative estimate of drug-likeness (QED) is 0.246. The highest BCUT2D eigenvalue weighted by Crippen LogP contribution is 2.27. The van der Waals surface area contributed by atoms with E-state index in [0.717, 1.165) is 0 Å². The molecule has 198 valence electrons. The van der Waals surface area contributed by atoms with Crippen LogP contribution < -0.4 is 30.3 Å². The van der Waals surface area contributed by atoms with Crippen LogP contribution in [0.2, 0.25) is 0 Å². The monoisotopic (exact) mass is 522 g/mol. The average molecular weight is 523 g/mol. The van der Waals surface area contributed by atoms with Crippen molar-refractivity contribution in [3.8, 4) is 17.2 Å². The number of para-hydroxylation sites is 3. The molecule has 0 unspecified atom stereocenters. The maximum Gasteiger partial charge on any atom is 0.262 e. The van der Waals surface area contributed by atoms with Crippen molar-refractivity contribution >= 4 is 35.3 Å². The largest absolute Gasteiger partial charge is 0.495 e. The van der Waals surface area contributed by atoms with Gasteiger partial charge in [0.15, 0.2) is 18.1 Å². The van der Waals surface area contributed by atoms with Gasteiger partial charge >= 0.3 is 0 Å². The molecule has 38 heavy (non-hydrogen) atoms. The zero-order valence-corrected chi connectivity index (χ0v) is 20.8. The summed E-state index contributed by atoms with van der Waals surface area (Å²) in [4.78, 5) is 36.3. The number of carbonyl (C=O) groups is 3. The summed E-state index contributed by atoms with van der Waals surface area (Å²) in [7, 11) is 2.93. The van der Waals surface area contributed by atoms with Crippen LogP contribution in [0.3, 0.4) is 0 Å². The Morgan fingerprint density at radius 3 is 2.18 bits per heavy atom. The minimum atomic E-state index is -0.551. The van der Waals surface area contributed by atoms with Crippen LogP contribution in [-0.4, -0.2) is 44.8 Å². The first-order chi connectivity index (χ1) is 18.4. The molecule has 0 aliphatic heterocycles. The third-order valence-corrected chi connectivity index (χ3v) is 5.06. The predicted octanol–water partition coefficient (Wildman–Crippen LogP) is 3.73. The van der Waals surface area contributed by atoms with Gasteiger partial charge in [-0.2, -0.15) is 5.10 Å². The Kier molecular flexibility index (Phi) is 10.2. The smallest absolute Gasteiger partial charge is 0.262 e. The van der Waals surface area contributed by atoms with Gasteiger partial charge in [0.1, 0.15) is 11.6 Å². The Morgan fingerprint density at radius 2 is 1.45 bits per heavy atom. The Morgan fingerprint density at radius 1 is 0.789 bits per heavy atom. The Labute approximate surface area is 218 Å². The van der Waals surface area contributed by atoms with Gasteiger partial charge in [0.05, 0.1) is 31.8 Å². The molecule has 11 heteroatoms. The highest BCUT2D eigenvalue weighted by Gasteiger charge is 2.11. The molecule has 3 amide bonds. The summed E-state index contributed by atoms with van der Waals surface area (Å²) in [5.41, 5.74) is 3.52. The van der Waals surface area contributed by atoms with Gasteiger partial charge in [0, 0.05) is 12.8 Å². The van der Waals surface area contributed by atoms with E-state index < -0.39 is 17.6 Å². The van der Waals surface area contributed by atoms with Crippen molar-refractivity contribution in [3.05, 3.63) is 78.1 Å². The van der Waals surface area contributed by atoms with Crippen LogP contribution in [0.1, 0.15) is 18.4 Å². The second-order valence-corrected chi connectivity index (χ2v) is 7.77. The number of halogens is 1. The topological polar surface area (TPSA) is 127 Å². The fourth-order valence-corrected chi connectivity index (χ4v) is 3.20. The standard InChI is InChI=1S/C27H27FN4O6/c1-36-22-10-6-5-9-21(22)31-25(33)13-14-26(34)32-29-16-18-11-12-23(24(15-18)37-2)38-17-27(35)30-20-8-4-3-7-19(20)28/h3-12,15-16H,13-14,17H2,1-2H3,(H,30,35)(H,31,33)(H,32,34). The summed E-state index contributed by atoms with van der Waals surface area (Å²) >= 11 is 0. The molecule has 10 nitrogen and oxygen atoms in total. The zero-order valence-electron chi connectivity index (χ0n) is 20.8. The van der Waals surface area contributed by atoms with Crippen molar-refractivity contribution in [2.75, 3.05) is 31.5 Å². The molecule has 0 fully saturated rings. The second-order valence-electron chi connectivity index (χ2n) is 7.77. The van der Waals surface area contributed by atoms with Crippen LogP contribution in [0.5, 0.6) is 17.2 Å². The number of nitrogens with one attached hydrogen (secondary N) is 3. The lowest BCUT2D eigenvalue weighted by molar-refractivity contribution is -0.124. The molecule has 3 N–H and O–H groups in total. The number of benzene rings is 3. The summed E-state index contributed by atoms with van der Waals surface area (Å²) in [6, 6.07) is 17.6. The van der Waals surface area contributed by atoms with Crippen molar-refractivity contribution < 1.29 is 33.0 Å². The third kappa shape index (κ3) is 8.33. The summed E-state index contributed by atoms with van der Waals surface area (Å²) in [5, 5.41) is 9.02. The number of hydrogen-bond donors (Lipinski definition) is 3. The van der Waals surface area contributed by atoms with Crippen molar-refractivity contribution in [3.63, 3.8) is 0 Å². The van der Waals surface area contributed by atoms with Gasteiger partial charge in [-0.15, -0.1) is 0 Å².